The van der Waals surface area contributed by atoms with E-state index in [1.54, 1.807) is 30.3 Å². The van der Waals surface area contributed by atoms with Crippen LogP contribution in [0.25, 0.3) is 28.0 Å². The number of anilines is 1. The largest absolute Gasteiger partial charge is 0.478 e. The summed E-state index contributed by atoms with van der Waals surface area (Å²) in [5.74, 6) is -4.09. The number of amides is 1. The van der Waals surface area contributed by atoms with E-state index in [0.29, 0.717) is 11.2 Å². The Morgan fingerprint density at radius 3 is 2.29 bits per heavy atom. The van der Waals surface area contributed by atoms with Crippen molar-refractivity contribution < 1.29 is 32.3 Å². The molecular formula is C26H15F4N5O3. The number of carbonyl (C=O) groups excluding carboxylic acids is 1. The minimum Gasteiger partial charge on any atom is -0.478 e. The predicted molar refractivity (Wildman–Crippen MR) is 128 cm³/mol. The molecule has 0 fully saturated rings. The Kier molecular flexibility index (Phi) is 6.07. The van der Waals surface area contributed by atoms with E-state index in [1.165, 1.54) is 41.3 Å². The number of nitrogens with one attached hydrogen (secondary N) is 1. The van der Waals surface area contributed by atoms with Crippen molar-refractivity contribution >= 4 is 28.6 Å². The van der Waals surface area contributed by atoms with Crippen LogP contribution in [0.4, 0.5) is 23.4 Å². The molecule has 0 bridgehead atoms. The van der Waals surface area contributed by atoms with Crippen LogP contribution in [0.3, 0.4) is 0 Å². The van der Waals surface area contributed by atoms with Crippen LogP contribution in [0, 0.1) is 5.82 Å². The molecule has 0 radical (unpaired) electrons. The van der Waals surface area contributed by atoms with Crippen LogP contribution >= 0.6 is 0 Å². The average Bonchev–Trinajstić information content (AvgIpc) is 3.26. The number of carbonyl (C=O) groups is 2. The standard InChI is InChI=1S/C26H15F4N5O3/c27-20-13-19(26(28,29)30)16(22-31-9-4-10-32-22)12-17(20)24(36)33-23-18-11-14(25(37)38)7-8-21(18)34-35(23)15-5-2-1-3-6-15/h1-13H,(H,33,36)(H,37,38). The third-order valence-electron chi connectivity index (χ3n) is 5.61. The molecule has 0 atom stereocenters. The van der Waals surface area contributed by atoms with Gasteiger partial charge in [-0.1, -0.05) is 18.2 Å². The highest BCUT2D eigenvalue weighted by molar-refractivity contribution is 6.09. The number of carboxylic acids is 1. The highest BCUT2D eigenvalue weighted by Gasteiger charge is 2.36. The van der Waals surface area contributed by atoms with Gasteiger partial charge in [-0.15, -0.1) is 0 Å². The second kappa shape index (κ2) is 9.39. The van der Waals surface area contributed by atoms with Gasteiger partial charge in [0.25, 0.3) is 5.91 Å². The third kappa shape index (κ3) is 4.54. The molecule has 0 aliphatic heterocycles. The monoisotopic (exact) mass is 521 g/mol. The Balaban J connectivity index is 1.66. The first-order chi connectivity index (χ1) is 18.1. The molecule has 12 heteroatoms. The Morgan fingerprint density at radius 1 is 0.921 bits per heavy atom. The van der Waals surface area contributed by atoms with Gasteiger partial charge >= 0.3 is 12.1 Å². The molecule has 2 aromatic heterocycles. The molecule has 0 aliphatic carbocycles. The number of nitrogens with zero attached hydrogens (tertiary/aromatic N) is 4. The maximum Gasteiger partial charge on any atom is 0.417 e. The molecule has 38 heavy (non-hydrogen) atoms. The second-order valence-corrected chi connectivity index (χ2v) is 8.03. The van der Waals surface area contributed by atoms with Gasteiger partial charge in [0.05, 0.1) is 27.9 Å². The van der Waals surface area contributed by atoms with Crippen molar-refractivity contribution in [3.05, 3.63) is 102 Å². The zero-order chi connectivity index (χ0) is 27.0. The first kappa shape index (κ1) is 24.6. The van der Waals surface area contributed by atoms with Crippen LogP contribution in [0.5, 0.6) is 0 Å². The summed E-state index contributed by atoms with van der Waals surface area (Å²) in [6.45, 7) is 0. The van der Waals surface area contributed by atoms with Gasteiger partial charge in [-0.25, -0.2) is 23.8 Å². The van der Waals surface area contributed by atoms with Crippen LogP contribution in [0.1, 0.15) is 26.3 Å². The number of fused-ring (bicyclic) bond motifs is 1. The number of aromatic nitrogens is 4. The molecule has 0 saturated carbocycles. The highest BCUT2D eigenvalue weighted by Crippen LogP contribution is 2.38. The number of aromatic carboxylic acids is 1. The molecule has 0 spiro atoms. The van der Waals surface area contributed by atoms with Gasteiger partial charge in [0.2, 0.25) is 0 Å². The molecule has 5 aromatic rings. The molecule has 0 unspecified atom stereocenters. The fraction of sp³-hybridized carbons (Fsp3) is 0.0385. The van der Waals surface area contributed by atoms with Crippen LogP contribution in [-0.2, 0) is 6.18 Å². The number of alkyl halides is 3. The third-order valence-corrected chi connectivity index (χ3v) is 5.61. The van der Waals surface area contributed by atoms with E-state index in [1.807, 2.05) is 0 Å². The summed E-state index contributed by atoms with van der Waals surface area (Å²) < 4.78 is 57.3. The van der Waals surface area contributed by atoms with E-state index in [9.17, 15) is 32.3 Å². The van der Waals surface area contributed by atoms with Crippen molar-refractivity contribution in [3.63, 3.8) is 0 Å². The molecule has 0 aliphatic rings. The van der Waals surface area contributed by atoms with Crippen molar-refractivity contribution in [1.82, 2.24) is 19.7 Å². The zero-order valence-electron chi connectivity index (χ0n) is 19.1. The summed E-state index contributed by atoms with van der Waals surface area (Å²) in [4.78, 5) is 32.5. The Morgan fingerprint density at radius 2 is 1.63 bits per heavy atom. The normalized spacial score (nSPS) is 11.5. The lowest BCUT2D eigenvalue weighted by Gasteiger charge is -2.15. The molecule has 5 rings (SSSR count). The van der Waals surface area contributed by atoms with E-state index < -0.39 is 40.6 Å². The van der Waals surface area contributed by atoms with Gasteiger partial charge in [0.1, 0.15) is 11.6 Å². The minimum atomic E-state index is -4.94. The summed E-state index contributed by atoms with van der Waals surface area (Å²) in [5, 5.41) is 16.6. The highest BCUT2D eigenvalue weighted by atomic mass is 19.4. The first-order valence-corrected chi connectivity index (χ1v) is 10.9. The van der Waals surface area contributed by atoms with Crippen molar-refractivity contribution in [2.45, 2.75) is 6.18 Å². The van der Waals surface area contributed by atoms with E-state index in [0.717, 1.165) is 6.07 Å². The summed E-state index contributed by atoms with van der Waals surface area (Å²) in [5.41, 5.74) is -1.92. The van der Waals surface area contributed by atoms with Gasteiger partial charge in [-0.3, -0.25) is 4.79 Å². The van der Waals surface area contributed by atoms with Crippen molar-refractivity contribution in [2.75, 3.05) is 5.32 Å². The van der Waals surface area contributed by atoms with Crippen LogP contribution in [0.15, 0.2) is 79.1 Å². The lowest BCUT2D eigenvalue weighted by molar-refractivity contribution is -0.137. The molecule has 0 saturated heterocycles. The fourth-order valence-corrected chi connectivity index (χ4v) is 3.87. The maximum atomic E-state index is 15.0. The summed E-state index contributed by atoms with van der Waals surface area (Å²) in [7, 11) is 0. The molecule has 190 valence electrons. The topological polar surface area (TPSA) is 110 Å². The zero-order valence-corrected chi connectivity index (χ0v) is 19.1. The first-order valence-electron chi connectivity index (χ1n) is 10.9. The predicted octanol–water partition coefficient (Wildman–Crippen LogP) is 5.59. The Bertz CT molecular complexity index is 1690. The van der Waals surface area contributed by atoms with Crippen molar-refractivity contribution in [2.24, 2.45) is 0 Å². The molecule has 1 amide bonds. The minimum absolute atomic E-state index is 0.00360. The summed E-state index contributed by atoms with van der Waals surface area (Å²) >= 11 is 0. The van der Waals surface area contributed by atoms with E-state index in [2.05, 4.69) is 20.4 Å². The van der Waals surface area contributed by atoms with Gasteiger partial charge in [-0.2, -0.15) is 18.3 Å². The Labute approximate surface area is 211 Å². The summed E-state index contributed by atoms with van der Waals surface area (Å²) in [6.07, 6.45) is -2.51. The molecular weight excluding hydrogens is 506 g/mol. The molecule has 8 nitrogen and oxygen atoms in total. The number of benzene rings is 3. The Hall–Kier alpha value is -5.13. The van der Waals surface area contributed by atoms with Gasteiger partial charge in [0.15, 0.2) is 5.82 Å². The number of para-hydroxylation sites is 1. The maximum absolute atomic E-state index is 15.0. The number of halogens is 4. The molecule has 2 heterocycles. The van der Waals surface area contributed by atoms with E-state index in [4.69, 9.17) is 0 Å². The number of hydrogen-bond acceptors (Lipinski definition) is 5. The quantitative estimate of drug-likeness (QED) is 0.292. The number of carboxylic acid groups (broad SMARTS) is 1. The lowest BCUT2D eigenvalue weighted by atomic mass is 10.0. The molecule has 2 N–H and O–H groups in total. The van der Waals surface area contributed by atoms with Gasteiger partial charge in [0, 0.05) is 23.3 Å². The SMILES string of the molecule is O=C(O)c1ccc2nn(-c3ccccc3)c(NC(=O)c3cc(-c4ncccn4)c(C(F)(F)F)cc3F)c2c1. The van der Waals surface area contributed by atoms with Gasteiger partial charge in [-0.05, 0) is 48.5 Å². The average molecular weight is 521 g/mol. The fourth-order valence-electron chi connectivity index (χ4n) is 3.87. The van der Waals surface area contributed by atoms with Gasteiger partial charge < -0.3 is 10.4 Å². The van der Waals surface area contributed by atoms with Crippen LogP contribution < -0.4 is 5.32 Å². The van der Waals surface area contributed by atoms with E-state index in [-0.39, 0.29) is 28.7 Å². The smallest absolute Gasteiger partial charge is 0.417 e. The summed E-state index contributed by atoms with van der Waals surface area (Å²) in [6, 6.07) is 14.9. The number of rotatable bonds is 5. The van der Waals surface area contributed by atoms with Crippen LogP contribution in [-0.4, -0.2) is 36.7 Å². The number of hydrogen-bond donors (Lipinski definition) is 2. The van der Waals surface area contributed by atoms with Crippen LogP contribution in [0.2, 0.25) is 0 Å². The lowest BCUT2D eigenvalue weighted by Crippen LogP contribution is -2.18. The van der Waals surface area contributed by atoms with Crippen molar-refractivity contribution in [1.29, 1.82) is 0 Å². The van der Waals surface area contributed by atoms with Crippen molar-refractivity contribution in [3.8, 4) is 17.1 Å². The van der Waals surface area contributed by atoms with E-state index >= 15 is 0 Å². The second-order valence-electron chi connectivity index (χ2n) is 8.03. The molecule has 3 aromatic carbocycles.